The minimum atomic E-state index is 0. The van der Waals surface area contributed by atoms with Crippen LogP contribution in [0.4, 0.5) is 0 Å². The molecule has 0 bridgehead atoms. The molecule has 92 valence electrons. The Balaban J connectivity index is 0.00000225. The number of ether oxygens (including phenoxy) is 1. The SMILES string of the molecule is COCC(C)NC(N)=NCc1ccon1.I. The van der Waals surface area contributed by atoms with Gasteiger partial charge in [0.2, 0.25) is 0 Å². The highest BCUT2D eigenvalue weighted by Gasteiger charge is 2.01. The van der Waals surface area contributed by atoms with Crippen molar-refractivity contribution in [1.29, 1.82) is 0 Å². The minimum Gasteiger partial charge on any atom is -0.383 e. The van der Waals surface area contributed by atoms with Gasteiger partial charge in [-0.2, -0.15) is 0 Å². The number of aliphatic imine (C=N–C) groups is 1. The minimum absolute atomic E-state index is 0. The number of hydrogen-bond donors (Lipinski definition) is 2. The summed E-state index contributed by atoms with van der Waals surface area (Å²) in [5, 5.41) is 6.70. The van der Waals surface area contributed by atoms with Crippen LogP contribution >= 0.6 is 24.0 Å². The fourth-order valence-electron chi connectivity index (χ4n) is 1.08. The molecule has 0 aromatic carbocycles. The highest BCUT2D eigenvalue weighted by Crippen LogP contribution is 1.95. The lowest BCUT2D eigenvalue weighted by atomic mass is 10.4. The van der Waals surface area contributed by atoms with Gasteiger partial charge in [0.1, 0.15) is 12.0 Å². The Labute approximate surface area is 112 Å². The van der Waals surface area contributed by atoms with E-state index >= 15 is 0 Å². The predicted octanol–water partition coefficient (Wildman–Crippen LogP) is 0.732. The second kappa shape index (κ2) is 8.34. The summed E-state index contributed by atoms with van der Waals surface area (Å²) in [6.45, 7) is 2.96. The number of guanidine groups is 1. The summed E-state index contributed by atoms with van der Waals surface area (Å²) < 4.78 is 9.62. The highest BCUT2D eigenvalue weighted by atomic mass is 127. The zero-order valence-electron chi connectivity index (χ0n) is 9.34. The Morgan fingerprint density at radius 2 is 2.50 bits per heavy atom. The van der Waals surface area contributed by atoms with Crippen molar-refractivity contribution in [3.05, 3.63) is 18.0 Å². The van der Waals surface area contributed by atoms with Gasteiger partial charge < -0.3 is 20.3 Å². The Hall–Kier alpha value is -0.830. The van der Waals surface area contributed by atoms with Gasteiger partial charge in [-0.05, 0) is 6.92 Å². The van der Waals surface area contributed by atoms with Crippen LogP contribution < -0.4 is 11.1 Å². The molecule has 6 nitrogen and oxygen atoms in total. The zero-order valence-corrected chi connectivity index (χ0v) is 11.7. The summed E-state index contributed by atoms with van der Waals surface area (Å²) in [6.07, 6.45) is 1.50. The van der Waals surface area contributed by atoms with E-state index in [1.165, 1.54) is 6.26 Å². The first-order valence-electron chi connectivity index (χ1n) is 4.67. The molecule has 1 atom stereocenters. The standard InChI is InChI=1S/C9H16N4O2.HI/c1-7(6-14-2)12-9(10)11-5-8-3-4-15-13-8;/h3-4,7H,5-6H2,1-2H3,(H3,10,11,12);1H. The first kappa shape index (κ1) is 15.2. The molecule has 0 spiro atoms. The number of hydrogen-bond acceptors (Lipinski definition) is 4. The smallest absolute Gasteiger partial charge is 0.189 e. The molecule has 0 aliphatic carbocycles. The first-order chi connectivity index (χ1) is 7.22. The Morgan fingerprint density at radius 3 is 3.06 bits per heavy atom. The topological polar surface area (TPSA) is 85.7 Å². The van der Waals surface area contributed by atoms with Gasteiger partial charge in [0.15, 0.2) is 5.96 Å². The van der Waals surface area contributed by atoms with Crippen molar-refractivity contribution in [2.75, 3.05) is 13.7 Å². The van der Waals surface area contributed by atoms with E-state index in [0.29, 0.717) is 19.1 Å². The van der Waals surface area contributed by atoms with Crippen molar-refractivity contribution in [2.45, 2.75) is 19.5 Å². The fourth-order valence-corrected chi connectivity index (χ4v) is 1.08. The van der Waals surface area contributed by atoms with Gasteiger partial charge in [-0.1, -0.05) is 5.16 Å². The van der Waals surface area contributed by atoms with Gasteiger partial charge in [-0.3, -0.25) is 0 Å². The van der Waals surface area contributed by atoms with Gasteiger partial charge in [0.25, 0.3) is 0 Å². The number of nitrogens with zero attached hydrogens (tertiary/aromatic N) is 2. The number of nitrogens with one attached hydrogen (secondary N) is 1. The van der Waals surface area contributed by atoms with E-state index in [2.05, 4.69) is 20.0 Å². The Bertz CT molecular complexity index is 302. The molecular weight excluding hydrogens is 323 g/mol. The summed E-state index contributed by atoms with van der Waals surface area (Å²) in [5.41, 5.74) is 6.40. The van der Waals surface area contributed by atoms with Crippen molar-refractivity contribution < 1.29 is 9.26 Å². The van der Waals surface area contributed by atoms with E-state index < -0.39 is 0 Å². The summed E-state index contributed by atoms with van der Waals surface area (Å²) in [7, 11) is 1.64. The molecule has 1 aromatic rings. The van der Waals surface area contributed by atoms with Crippen LogP contribution in [0, 0.1) is 0 Å². The van der Waals surface area contributed by atoms with Crippen molar-refractivity contribution in [2.24, 2.45) is 10.7 Å². The van der Waals surface area contributed by atoms with Crippen LogP contribution in [0.1, 0.15) is 12.6 Å². The third kappa shape index (κ3) is 5.91. The van der Waals surface area contributed by atoms with Crippen molar-refractivity contribution in [1.82, 2.24) is 10.5 Å². The van der Waals surface area contributed by atoms with Gasteiger partial charge in [0.05, 0.1) is 13.2 Å². The number of methoxy groups -OCH3 is 1. The lowest BCUT2D eigenvalue weighted by Crippen LogP contribution is -2.40. The van der Waals surface area contributed by atoms with Gasteiger partial charge >= 0.3 is 0 Å². The summed E-state index contributed by atoms with van der Waals surface area (Å²) in [6, 6.07) is 1.88. The third-order valence-corrected chi connectivity index (χ3v) is 1.71. The van der Waals surface area contributed by atoms with E-state index in [1.54, 1.807) is 13.2 Å². The lowest BCUT2D eigenvalue weighted by Gasteiger charge is -2.12. The van der Waals surface area contributed by atoms with E-state index in [0.717, 1.165) is 5.69 Å². The molecule has 7 heteroatoms. The number of nitrogens with two attached hydrogens (primary N) is 1. The summed E-state index contributed by atoms with van der Waals surface area (Å²) in [5.74, 6) is 0.377. The molecule has 0 fully saturated rings. The molecule has 0 saturated heterocycles. The lowest BCUT2D eigenvalue weighted by molar-refractivity contribution is 0.179. The molecule has 1 unspecified atom stereocenters. The monoisotopic (exact) mass is 340 g/mol. The number of halogens is 1. The van der Waals surface area contributed by atoms with Crippen LogP contribution in [0.3, 0.4) is 0 Å². The predicted molar refractivity (Wildman–Crippen MR) is 71.7 cm³/mol. The summed E-state index contributed by atoms with van der Waals surface area (Å²) in [4.78, 5) is 4.09. The van der Waals surface area contributed by atoms with E-state index in [-0.39, 0.29) is 30.0 Å². The largest absolute Gasteiger partial charge is 0.383 e. The Morgan fingerprint density at radius 1 is 1.75 bits per heavy atom. The number of aromatic nitrogens is 1. The van der Waals surface area contributed by atoms with Crippen molar-refractivity contribution >= 4 is 29.9 Å². The molecule has 3 N–H and O–H groups in total. The average molecular weight is 340 g/mol. The van der Waals surface area contributed by atoms with Gasteiger partial charge in [-0.15, -0.1) is 24.0 Å². The van der Waals surface area contributed by atoms with E-state index in [1.807, 2.05) is 6.92 Å². The maximum Gasteiger partial charge on any atom is 0.189 e. The normalized spacial score (nSPS) is 13.0. The molecule has 16 heavy (non-hydrogen) atoms. The first-order valence-corrected chi connectivity index (χ1v) is 4.67. The Kier molecular flexibility index (Phi) is 7.90. The maximum atomic E-state index is 5.65. The third-order valence-electron chi connectivity index (χ3n) is 1.71. The fraction of sp³-hybridized carbons (Fsp3) is 0.556. The van der Waals surface area contributed by atoms with Gasteiger partial charge in [-0.25, -0.2) is 4.99 Å². The molecule has 0 aliphatic rings. The van der Waals surface area contributed by atoms with Gasteiger partial charge in [0, 0.05) is 19.2 Å². The van der Waals surface area contributed by atoms with Crippen LogP contribution in [0.2, 0.25) is 0 Å². The maximum absolute atomic E-state index is 5.65. The van der Waals surface area contributed by atoms with Crippen molar-refractivity contribution in [3.8, 4) is 0 Å². The van der Waals surface area contributed by atoms with Crippen LogP contribution in [-0.4, -0.2) is 30.9 Å². The van der Waals surface area contributed by atoms with E-state index in [4.69, 9.17) is 10.5 Å². The molecule has 0 radical (unpaired) electrons. The highest BCUT2D eigenvalue weighted by molar-refractivity contribution is 14.0. The van der Waals surface area contributed by atoms with Crippen LogP contribution in [-0.2, 0) is 11.3 Å². The quantitative estimate of drug-likeness (QED) is 0.469. The van der Waals surface area contributed by atoms with Crippen LogP contribution in [0.15, 0.2) is 21.8 Å². The second-order valence-corrected chi connectivity index (χ2v) is 3.19. The molecule has 0 aliphatic heterocycles. The van der Waals surface area contributed by atoms with Crippen LogP contribution in [0.25, 0.3) is 0 Å². The molecule has 1 rings (SSSR count). The molecule has 0 amide bonds. The van der Waals surface area contributed by atoms with Crippen LogP contribution in [0.5, 0.6) is 0 Å². The molecular formula is C9H17IN4O2. The number of rotatable bonds is 5. The second-order valence-electron chi connectivity index (χ2n) is 3.19. The molecule has 1 heterocycles. The average Bonchev–Trinajstić information content (AvgIpc) is 2.67. The molecule has 1 aromatic heterocycles. The molecule has 0 saturated carbocycles. The zero-order chi connectivity index (χ0) is 11.1. The van der Waals surface area contributed by atoms with Crippen molar-refractivity contribution in [3.63, 3.8) is 0 Å². The summed E-state index contributed by atoms with van der Waals surface area (Å²) >= 11 is 0. The van der Waals surface area contributed by atoms with E-state index in [9.17, 15) is 0 Å².